The van der Waals surface area contributed by atoms with Crippen LogP contribution in [0, 0.1) is 0 Å². The van der Waals surface area contributed by atoms with Gasteiger partial charge in [0, 0.05) is 23.1 Å². The summed E-state index contributed by atoms with van der Waals surface area (Å²) < 4.78 is 3.68. The van der Waals surface area contributed by atoms with Crippen LogP contribution < -0.4 is 4.63 Å². The fraction of sp³-hybridized carbons (Fsp3) is 0. The normalized spacial score (nSPS) is 11.3. The largest absolute Gasteiger partial charge is 0.245 e. The summed E-state index contributed by atoms with van der Waals surface area (Å²) in [7, 11) is 0. The lowest BCUT2D eigenvalue weighted by atomic mass is 10.4. The predicted molar refractivity (Wildman–Crippen MR) is 61.5 cm³/mol. The summed E-state index contributed by atoms with van der Waals surface area (Å²) in [5.41, 5.74) is 2.11. The third kappa shape index (κ3) is 1.21. The summed E-state index contributed by atoms with van der Waals surface area (Å²) in [5, 5.41) is 3.10. The summed E-state index contributed by atoms with van der Waals surface area (Å²) in [5.74, 6) is 0.568. The van der Waals surface area contributed by atoms with Gasteiger partial charge in [0.15, 0.2) is 5.82 Å². The maximum Gasteiger partial charge on any atom is 0.245 e. The Labute approximate surface area is 101 Å². The molecule has 18 heavy (non-hydrogen) atoms. The molecule has 0 radical (unpaired) electrons. The van der Waals surface area contributed by atoms with Crippen molar-refractivity contribution in [3.05, 3.63) is 43.1 Å². The maximum atomic E-state index is 4.53. The Morgan fingerprint density at radius 2 is 2.00 bits per heavy atom. The summed E-state index contributed by atoms with van der Waals surface area (Å²) in [6.07, 6.45) is 8.83. The van der Waals surface area contributed by atoms with Crippen molar-refractivity contribution in [2.24, 2.45) is 0 Å². The number of H-pyrrole nitrogens is 1. The lowest BCUT2D eigenvalue weighted by Gasteiger charge is -1.95. The molecule has 4 heterocycles. The quantitative estimate of drug-likeness (QED) is 0.482. The van der Waals surface area contributed by atoms with E-state index in [1.54, 1.807) is 29.3 Å². The molecule has 0 amide bonds. The molecule has 1 N–H and O–H groups in total. The molecule has 0 aliphatic rings. The number of hydrogen-bond donors (Lipinski definition) is 1. The van der Waals surface area contributed by atoms with Crippen molar-refractivity contribution in [3.8, 4) is 11.5 Å². The average Bonchev–Trinajstić information content (AvgIpc) is 2.99. The molecule has 0 aliphatic heterocycles. The van der Waals surface area contributed by atoms with Gasteiger partial charge in [-0.05, 0) is 6.07 Å². The second-order valence-electron chi connectivity index (χ2n) is 3.79. The summed E-state index contributed by atoms with van der Waals surface area (Å²) >= 11 is 0. The molecule has 0 saturated heterocycles. The highest BCUT2D eigenvalue weighted by Gasteiger charge is 2.14. The van der Waals surface area contributed by atoms with Crippen molar-refractivity contribution >= 4 is 11.3 Å². The third-order valence-electron chi connectivity index (χ3n) is 2.67. The molecule has 4 rings (SSSR count). The molecular weight excluding hydrogens is 230 g/mol. The topological polar surface area (TPSA) is 75.9 Å². The molecule has 0 aliphatic carbocycles. The summed E-state index contributed by atoms with van der Waals surface area (Å²) in [6.45, 7) is 0. The molecule has 0 spiro atoms. The minimum absolute atomic E-state index is 0.568. The Bertz CT molecular complexity index is 830. The molecule has 0 bridgehead atoms. The van der Waals surface area contributed by atoms with E-state index < -0.39 is 0 Å². The zero-order valence-corrected chi connectivity index (χ0v) is 9.22. The minimum Gasteiger partial charge on any atom is -0.235 e. The fourth-order valence-corrected chi connectivity index (χ4v) is 1.87. The second kappa shape index (κ2) is 3.33. The van der Waals surface area contributed by atoms with Crippen molar-refractivity contribution in [3.63, 3.8) is 0 Å². The summed E-state index contributed by atoms with van der Waals surface area (Å²) in [4.78, 5) is 17.2. The van der Waals surface area contributed by atoms with E-state index in [1.807, 2.05) is 23.0 Å². The molecule has 7 nitrogen and oxygen atoms in total. The van der Waals surface area contributed by atoms with Crippen molar-refractivity contribution in [1.29, 1.82) is 0 Å². The number of rotatable bonds is 1. The molecular formula is C11H8N7+. The third-order valence-corrected chi connectivity index (χ3v) is 2.67. The van der Waals surface area contributed by atoms with Gasteiger partial charge in [-0.2, -0.15) is 0 Å². The van der Waals surface area contributed by atoms with Crippen LogP contribution in [0.4, 0.5) is 0 Å². The Kier molecular flexibility index (Phi) is 1.71. The second-order valence-corrected chi connectivity index (χ2v) is 3.79. The van der Waals surface area contributed by atoms with Gasteiger partial charge in [-0.1, -0.05) is 4.52 Å². The average molecular weight is 238 g/mol. The van der Waals surface area contributed by atoms with Crippen molar-refractivity contribution in [2.75, 3.05) is 0 Å². The summed E-state index contributed by atoms with van der Waals surface area (Å²) in [6, 6.07) is 3.69. The van der Waals surface area contributed by atoms with Crippen molar-refractivity contribution in [2.45, 2.75) is 0 Å². The number of nitrogens with one attached hydrogen (secondary N) is 1. The first-order valence-electron chi connectivity index (χ1n) is 5.43. The molecule has 86 valence electrons. The fourth-order valence-electron chi connectivity index (χ4n) is 1.87. The van der Waals surface area contributed by atoms with Crippen LogP contribution in [-0.2, 0) is 0 Å². The van der Waals surface area contributed by atoms with Crippen molar-refractivity contribution < 1.29 is 4.63 Å². The van der Waals surface area contributed by atoms with Gasteiger partial charge in [0.05, 0.1) is 12.4 Å². The van der Waals surface area contributed by atoms with Crippen molar-refractivity contribution in [1.82, 2.24) is 29.5 Å². The highest BCUT2D eigenvalue weighted by molar-refractivity contribution is 5.66. The Morgan fingerprint density at radius 3 is 2.89 bits per heavy atom. The predicted octanol–water partition coefficient (Wildman–Crippen LogP) is 0.253. The Balaban J connectivity index is 2.02. The van der Waals surface area contributed by atoms with E-state index >= 15 is 0 Å². The first kappa shape index (κ1) is 9.23. The number of fused-ring (bicyclic) bond motifs is 3. The van der Waals surface area contributed by atoms with Crippen LogP contribution in [0.5, 0.6) is 0 Å². The zero-order chi connectivity index (χ0) is 11.9. The van der Waals surface area contributed by atoms with E-state index in [1.165, 1.54) is 0 Å². The standard InChI is InChI=1S/C11H8N7/c1-3-12-9(13-4-1)8-7-14-10-11(15-8)17-5-2-6-18(17)16-10/h1-7H,(H,14,16)/q+1. The molecule has 0 fully saturated rings. The minimum atomic E-state index is 0.568. The molecule has 0 unspecified atom stereocenters. The monoisotopic (exact) mass is 238 g/mol. The number of hydrogen-bond acceptors (Lipinski definition) is 4. The van der Waals surface area contributed by atoms with Gasteiger partial charge < -0.3 is 0 Å². The van der Waals surface area contributed by atoms with Gasteiger partial charge >= 0.3 is 0 Å². The van der Waals surface area contributed by atoms with Gasteiger partial charge in [0.25, 0.3) is 0 Å². The first-order valence-corrected chi connectivity index (χ1v) is 5.43. The highest BCUT2D eigenvalue weighted by Crippen LogP contribution is 2.12. The van der Waals surface area contributed by atoms with E-state index in [0.717, 1.165) is 11.3 Å². The number of aromatic nitrogens is 7. The van der Waals surface area contributed by atoms with Crippen LogP contribution in [0.1, 0.15) is 0 Å². The molecule has 0 atom stereocenters. The van der Waals surface area contributed by atoms with Gasteiger partial charge in [0.1, 0.15) is 5.69 Å². The maximum absolute atomic E-state index is 4.53. The molecule has 4 aromatic rings. The lowest BCUT2D eigenvalue weighted by Crippen LogP contribution is -2.26. The first-order chi connectivity index (χ1) is 8.92. The number of aromatic amines is 1. The smallest absolute Gasteiger partial charge is 0.235 e. The van der Waals surface area contributed by atoms with Gasteiger partial charge in [0.2, 0.25) is 17.5 Å². The molecule has 0 saturated carbocycles. The van der Waals surface area contributed by atoms with Crippen LogP contribution >= 0.6 is 0 Å². The van der Waals surface area contributed by atoms with E-state index in [2.05, 4.69) is 25.0 Å². The zero-order valence-electron chi connectivity index (χ0n) is 9.22. The SMILES string of the molecule is c1cnc(-c2cnc3[nH][n+]4cccn4c3n2)nc1. The Morgan fingerprint density at radius 1 is 1.11 bits per heavy atom. The van der Waals surface area contributed by atoms with Gasteiger partial charge in [-0.15, -0.1) is 5.10 Å². The van der Waals surface area contributed by atoms with Crippen LogP contribution in [0.25, 0.3) is 22.8 Å². The molecule has 4 aromatic heterocycles. The van der Waals surface area contributed by atoms with E-state index in [0.29, 0.717) is 11.5 Å². The van der Waals surface area contributed by atoms with Crippen LogP contribution in [0.3, 0.4) is 0 Å². The van der Waals surface area contributed by atoms with Gasteiger partial charge in [-0.25, -0.2) is 19.9 Å². The lowest BCUT2D eigenvalue weighted by molar-refractivity contribution is -0.669. The number of nitrogens with zero attached hydrogens (tertiary/aromatic N) is 6. The Hall–Kier alpha value is -2.83. The van der Waals surface area contributed by atoms with Crippen LogP contribution in [0.15, 0.2) is 43.1 Å². The highest BCUT2D eigenvalue weighted by atomic mass is 15.5. The van der Waals surface area contributed by atoms with E-state index in [-0.39, 0.29) is 0 Å². The molecule has 7 heteroatoms. The van der Waals surface area contributed by atoms with E-state index in [9.17, 15) is 0 Å². The van der Waals surface area contributed by atoms with Crippen LogP contribution in [-0.4, -0.2) is 29.5 Å². The van der Waals surface area contributed by atoms with E-state index in [4.69, 9.17) is 0 Å². The molecule has 0 aromatic carbocycles. The van der Waals surface area contributed by atoms with Gasteiger partial charge in [-0.3, -0.25) is 0 Å². The van der Waals surface area contributed by atoms with Crippen LogP contribution in [0.2, 0.25) is 0 Å².